The number of benzene rings is 1. The number of anilines is 1. The van der Waals surface area contributed by atoms with E-state index in [9.17, 15) is 14.7 Å². The first-order valence-corrected chi connectivity index (χ1v) is 16.8. The van der Waals surface area contributed by atoms with Crippen molar-refractivity contribution in [3.63, 3.8) is 0 Å². The molecule has 4 heterocycles. The van der Waals surface area contributed by atoms with Gasteiger partial charge in [0.1, 0.15) is 17.0 Å². The van der Waals surface area contributed by atoms with E-state index in [0.29, 0.717) is 42.4 Å². The second-order valence-corrected chi connectivity index (χ2v) is 13.5. The highest BCUT2D eigenvalue weighted by atomic mass is 16.5. The summed E-state index contributed by atoms with van der Waals surface area (Å²) in [5.41, 5.74) is 5.55. The fraction of sp³-hybridized carbons (Fsp3) is 0.583. The number of carbonyl (C=O) groups excluding carboxylic acids is 2. The summed E-state index contributed by atoms with van der Waals surface area (Å²) >= 11 is 0. The molecular weight excluding hydrogens is 582 g/mol. The number of carbonyl (C=O) groups is 1. The number of nitrogens with zero attached hydrogens (tertiary/aromatic N) is 3. The summed E-state index contributed by atoms with van der Waals surface area (Å²) in [4.78, 5) is 33.1. The van der Waals surface area contributed by atoms with Crippen LogP contribution in [0.25, 0.3) is 11.0 Å². The molecule has 250 valence electrons. The van der Waals surface area contributed by atoms with Gasteiger partial charge in [-0.2, -0.15) is 0 Å². The Bertz CT molecular complexity index is 1530. The minimum atomic E-state index is -0.715. The third kappa shape index (κ3) is 7.76. The molecule has 1 aromatic carbocycles. The zero-order valence-electron chi connectivity index (χ0n) is 28.4. The van der Waals surface area contributed by atoms with Crippen molar-refractivity contribution in [2.24, 2.45) is 0 Å². The van der Waals surface area contributed by atoms with Crippen molar-refractivity contribution in [3.8, 4) is 0 Å². The number of β-amino-alcohol motifs (C(OH)–C–C–N with tert-alkyl or cyclic N) is 1. The van der Waals surface area contributed by atoms with Crippen LogP contribution < -0.4 is 15.5 Å². The number of fused-ring (bicyclic) bond motifs is 1. The lowest BCUT2D eigenvalue weighted by molar-refractivity contribution is 0.0158. The molecule has 0 bridgehead atoms. The number of rotatable bonds is 11. The van der Waals surface area contributed by atoms with E-state index in [4.69, 9.17) is 9.15 Å². The number of amides is 1. The Hall–Kier alpha value is -3.40. The zero-order chi connectivity index (χ0) is 33.0. The van der Waals surface area contributed by atoms with E-state index in [-0.39, 0.29) is 12.5 Å². The highest BCUT2D eigenvalue weighted by molar-refractivity contribution is 6.09. The van der Waals surface area contributed by atoms with E-state index in [1.54, 1.807) is 0 Å². The fourth-order valence-corrected chi connectivity index (χ4v) is 7.20. The van der Waals surface area contributed by atoms with Crippen LogP contribution in [0.4, 0.5) is 5.69 Å². The summed E-state index contributed by atoms with van der Waals surface area (Å²) in [5.74, 6) is 2.65. The summed E-state index contributed by atoms with van der Waals surface area (Å²) < 4.78 is 12.2. The molecule has 0 atom stereocenters. The number of ether oxygens (including phenoxy) is 1. The van der Waals surface area contributed by atoms with Gasteiger partial charge in [0.25, 0.3) is 5.91 Å². The average molecular weight is 634 g/mol. The Kier molecular flexibility index (Phi) is 10.8. The smallest absolute Gasteiger partial charge is 0.252 e. The molecule has 1 aromatic heterocycles. The molecule has 3 aliphatic rings. The summed E-state index contributed by atoms with van der Waals surface area (Å²) in [5, 5.41) is 17.3. The first-order chi connectivity index (χ1) is 22.0. The number of furan rings is 1. The van der Waals surface area contributed by atoms with Gasteiger partial charge in [0.2, 0.25) is 0 Å². The average Bonchev–Trinajstić information content (AvgIpc) is 3.42. The zero-order valence-corrected chi connectivity index (χ0v) is 28.4. The second kappa shape index (κ2) is 14.6. The van der Waals surface area contributed by atoms with Crippen molar-refractivity contribution in [2.75, 3.05) is 63.9 Å². The summed E-state index contributed by atoms with van der Waals surface area (Å²) in [7, 11) is 0. The molecule has 0 aliphatic carbocycles. The molecule has 2 fully saturated rings. The van der Waals surface area contributed by atoms with Crippen molar-refractivity contribution in [3.05, 3.63) is 57.6 Å². The molecule has 10 heteroatoms. The molecular formula is C36H51N5O5. The predicted molar refractivity (Wildman–Crippen MR) is 182 cm³/mol. The maximum atomic E-state index is 14.2. The van der Waals surface area contributed by atoms with Gasteiger partial charge in [-0.1, -0.05) is 6.92 Å². The van der Waals surface area contributed by atoms with Gasteiger partial charge in [-0.05, 0) is 77.2 Å². The third-order valence-electron chi connectivity index (χ3n) is 9.34. The van der Waals surface area contributed by atoms with Crippen molar-refractivity contribution >= 4 is 28.5 Å². The molecule has 3 N–H and O–H groups in total. The molecule has 10 nitrogen and oxygen atoms in total. The van der Waals surface area contributed by atoms with E-state index >= 15 is 0 Å². The van der Waals surface area contributed by atoms with Crippen LogP contribution in [0.1, 0.15) is 76.1 Å². The number of hydrogen-bond acceptors (Lipinski definition) is 9. The molecule has 5 rings (SSSR count). The lowest BCUT2D eigenvalue weighted by Crippen LogP contribution is -2.50. The Morgan fingerprint density at radius 1 is 1.13 bits per heavy atom. The Labute approximate surface area is 273 Å². The molecule has 3 aliphatic heterocycles. The second-order valence-electron chi connectivity index (χ2n) is 13.5. The van der Waals surface area contributed by atoms with Crippen molar-refractivity contribution in [1.82, 2.24) is 20.4 Å². The van der Waals surface area contributed by atoms with Crippen LogP contribution in [0.2, 0.25) is 0 Å². The van der Waals surface area contributed by atoms with Crippen molar-refractivity contribution in [2.45, 2.75) is 79.0 Å². The Morgan fingerprint density at radius 2 is 1.83 bits per heavy atom. The molecule has 2 saturated heterocycles. The van der Waals surface area contributed by atoms with Crippen molar-refractivity contribution < 1.29 is 23.8 Å². The van der Waals surface area contributed by atoms with Crippen LogP contribution in [0.15, 0.2) is 45.2 Å². The van der Waals surface area contributed by atoms with E-state index in [2.05, 4.69) is 45.2 Å². The van der Waals surface area contributed by atoms with Crippen LogP contribution in [0.5, 0.6) is 0 Å². The highest BCUT2D eigenvalue weighted by Gasteiger charge is 2.29. The third-order valence-corrected chi connectivity index (χ3v) is 9.34. The number of dihydropyridines is 1. The molecule has 0 saturated carbocycles. The van der Waals surface area contributed by atoms with E-state index < -0.39 is 5.60 Å². The van der Waals surface area contributed by atoms with Gasteiger partial charge >= 0.3 is 0 Å². The van der Waals surface area contributed by atoms with E-state index in [0.717, 1.165) is 98.0 Å². The van der Waals surface area contributed by atoms with Gasteiger partial charge in [-0.3, -0.25) is 14.6 Å². The van der Waals surface area contributed by atoms with Gasteiger partial charge < -0.3 is 29.8 Å². The number of aliphatic hydroxyl groups is 1. The van der Waals surface area contributed by atoms with E-state index in [1.165, 1.54) is 0 Å². The SMILES string of the molecule is CCc1c(N(CC)C2CCOCC2)cc2oc(CN3CCN(CC(C)(C)O)CC3)cc2c1C(=O)NCC1=C(C)C=C(C)NC1=C=O. The topological polar surface area (TPSA) is 111 Å². The van der Waals surface area contributed by atoms with Gasteiger partial charge in [0.05, 0.1) is 17.7 Å². The maximum absolute atomic E-state index is 14.2. The van der Waals surface area contributed by atoms with Gasteiger partial charge in [0, 0.05) is 93.5 Å². The molecule has 0 spiro atoms. The number of allylic oxidation sites excluding steroid dienone is 3. The highest BCUT2D eigenvalue weighted by Crippen LogP contribution is 2.37. The molecule has 2 aromatic rings. The minimum Gasteiger partial charge on any atom is -0.460 e. The first-order valence-electron chi connectivity index (χ1n) is 16.8. The van der Waals surface area contributed by atoms with Gasteiger partial charge in [-0.25, -0.2) is 4.79 Å². The number of piperazine rings is 1. The fourth-order valence-electron chi connectivity index (χ4n) is 7.20. The van der Waals surface area contributed by atoms with Crippen LogP contribution >= 0.6 is 0 Å². The minimum absolute atomic E-state index is 0.184. The monoisotopic (exact) mass is 633 g/mol. The normalized spacial score (nSPS) is 18.8. The van der Waals surface area contributed by atoms with Crippen LogP contribution in [-0.2, 0) is 22.5 Å². The molecule has 46 heavy (non-hydrogen) atoms. The summed E-state index contributed by atoms with van der Waals surface area (Å²) in [6.07, 6.45) is 4.53. The lowest BCUT2D eigenvalue weighted by atomic mass is 9.95. The molecule has 0 radical (unpaired) electrons. The van der Waals surface area contributed by atoms with Crippen molar-refractivity contribution in [1.29, 1.82) is 0 Å². The quantitative estimate of drug-likeness (QED) is 0.314. The predicted octanol–water partition coefficient (Wildman–Crippen LogP) is 4.16. The standard InChI is InChI=1S/C36H51N5O5/c1-7-28-32(41(8-2)26-9-15-45-16-10-26)19-33-29(18-27(46-33)21-39-11-13-40(14-12-39)23-36(5,6)44)34(28)35(43)37-20-30-24(3)17-25(4)38-31(30)22-42/h17-19,26,38,44H,7-16,20-21,23H2,1-6H3,(H,37,43). The largest absolute Gasteiger partial charge is 0.460 e. The van der Waals surface area contributed by atoms with Crippen LogP contribution in [0.3, 0.4) is 0 Å². The maximum Gasteiger partial charge on any atom is 0.252 e. The lowest BCUT2D eigenvalue weighted by Gasteiger charge is -2.37. The first kappa shape index (κ1) is 33.9. The van der Waals surface area contributed by atoms with Crippen LogP contribution in [-0.4, -0.2) is 97.4 Å². The van der Waals surface area contributed by atoms with E-state index in [1.807, 2.05) is 45.8 Å². The van der Waals surface area contributed by atoms with Gasteiger partial charge in [-0.15, -0.1) is 0 Å². The Morgan fingerprint density at radius 3 is 2.46 bits per heavy atom. The number of nitrogens with one attached hydrogen (secondary N) is 2. The number of hydrogen-bond donors (Lipinski definition) is 3. The summed E-state index contributed by atoms with van der Waals surface area (Å²) in [6, 6.07) is 4.49. The van der Waals surface area contributed by atoms with Crippen LogP contribution in [0, 0.1) is 0 Å². The molecule has 1 amide bonds. The van der Waals surface area contributed by atoms with Gasteiger partial charge in [0.15, 0.2) is 5.94 Å². The Balaban J connectivity index is 1.48. The summed E-state index contributed by atoms with van der Waals surface area (Å²) in [6.45, 7) is 19.1. The molecule has 0 unspecified atom stereocenters.